The fourth-order valence-corrected chi connectivity index (χ4v) is 1.62. The minimum atomic E-state index is 0.219. The predicted octanol–water partition coefficient (Wildman–Crippen LogP) is 2.60. The van der Waals surface area contributed by atoms with E-state index in [1.165, 1.54) is 11.3 Å². The molecule has 1 aromatic carbocycles. The van der Waals surface area contributed by atoms with E-state index in [0.717, 1.165) is 5.69 Å². The van der Waals surface area contributed by atoms with Crippen LogP contribution in [0.5, 0.6) is 0 Å². The Hall–Kier alpha value is -1.88. The normalized spacial score (nSPS) is 9.60. The van der Waals surface area contributed by atoms with Crippen LogP contribution in [0.4, 0.5) is 10.8 Å². The number of rotatable bonds is 2. The van der Waals surface area contributed by atoms with Crippen molar-refractivity contribution in [3.63, 3.8) is 0 Å². The number of guanidine groups is 1. The molecule has 2 aromatic rings. The molecule has 0 aliphatic carbocycles. The quantitative estimate of drug-likeness (QED) is 0.536. The van der Waals surface area contributed by atoms with E-state index in [2.05, 4.69) is 15.6 Å². The largest absolute Gasteiger partial charge is 0.326 e. The van der Waals surface area contributed by atoms with Crippen molar-refractivity contribution in [3.8, 4) is 0 Å². The Kier molecular flexibility index (Phi) is 2.94. The molecule has 0 saturated carbocycles. The third-order valence-corrected chi connectivity index (χ3v) is 2.40. The highest BCUT2D eigenvalue weighted by atomic mass is 32.1. The van der Waals surface area contributed by atoms with Gasteiger partial charge in [0.2, 0.25) is 0 Å². The zero-order chi connectivity index (χ0) is 10.5. The standard InChI is InChI=1S/C10H10N4S/c11-9(14-10-12-6-7-15-10)13-8-4-2-1-3-5-8/h1-7H,(H3,11,12,13,14). The van der Waals surface area contributed by atoms with Gasteiger partial charge in [-0.1, -0.05) is 18.2 Å². The molecule has 0 aliphatic heterocycles. The third kappa shape index (κ3) is 2.78. The second kappa shape index (κ2) is 4.56. The average molecular weight is 218 g/mol. The van der Waals surface area contributed by atoms with Crippen molar-refractivity contribution in [1.82, 2.24) is 4.98 Å². The maximum Gasteiger partial charge on any atom is 0.199 e. The summed E-state index contributed by atoms with van der Waals surface area (Å²) in [5.41, 5.74) is 0.881. The number of nitrogens with zero attached hydrogens (tertiary/aromatic N) is 1. The molecule has 0 aliphatic rings. The van der Waals surface area contributed by atoms with Crippen LogP contribution in [0.1, 0.15) is 0 Å². The van der Waals surface area contributed by atoms with Gasteiger partial charge in [-0.25, -0.2) is 4.98 Å². The van der Waals surface area contributed by atoms with Crippen molar-refractivity contribution >= 4 is 28.1 Å². The molecule has 2 rings (SSSR count). The van der Waals surface area contributed by atoms with Crippen molar-refractivity contribution in [2.45, 2.75) is 0 Å². The van der Waals surface area contributed by atoms with E-state index in [0.29, 0.717) is 5.13 Å². The average Bonchev–Trinajstić information content (AvgIpc) is 2.71. The SMILES string of the molecule is N=C(Nc1ccccc1)Nc1nccs1. The topological polar surface area (TPSA) is 60.8 Å². The summed E-state index contributed by atoms with van der Waals surface area (Å²) in [6, 6.07) is 9.57. The fourth-order valence-electron chi connectivity index (χ4n) is 1.09. The molecule has 0 atom stereocenters. The summed E-state index contributed by atoms with van der Waals surface area (Å²) < 4.78 is 0. The Bertz CT molecular complexity index is 424. The van der Waals surface area contributed by atoms with E-state index in [1.807, 2.05) is 35.7 Å². The van der Waals surface area contributed by atoms with Crippen LogP contribution in [0.25, 0.3) is 0 Å². The summed E-state index contributed by atoms with van der Waals surface area (Å²) in [6.07, 6.45) is 1.70. The zero-order valence-electron chi connectivity index (χ0n) is 7.90. The molecule has 3 N–H and O–H groups in total. The van der Waals surface area contributed by atoms with Crippen molar-refractivity contribution in [2.24, 2.45) is 0 Å². The smallest absolute Gasteiger partial charge is 0.199 e. The van der Waals surface area contributed by atoms with Crippen LogP contribution in [-0.4, -0.2) is 10.9 Å². The van der Waals surface area contributed by atoms with Crippen molar-refractivity contribution in [2.75, 3.05) is 10.6 Å². The number of thiazole rings is 1. The van der Waals surface area contributed by atoms with Gasteiger partial charge in [0.15, 0.2) is 11.1 Å². The van der Waals surface area contributed by atoms with Gasteiger partial charge >= 0.3 is 0 Å². The molecule has 1 aromatic heterocycles. The maximum absolute atomic E-state index is 7.65. The number of aromatic nitrogens is 1. The molecular weight excluding hydrogens is 208 g/mol. The molecule has 0 saturated heterocycles. The Morgan fingerprint density at radius 2 is 2.00 bits per heavy atom. The summed E-state index contributed by atoms with van der Waals surface area (Å²) in [7, 11) is 0. The molecule has 0 bridgehead atoms. The number of benzene rings is 1. The van der Waals surface area contributed by atoms with Gasteiger partial charge in [-0.2, -0.15) is 0 Å². The van der Waals surface area contributed by atoms with Gasteiger partial charge in [-0.3, -0.25) is 5.41 Å². The van der Waals surface area contributed by atoms with Crippen LogP contribution in [0.3, 0.4) is 0 Å². The molecule has 1 heterocycles. The summed E-state index contributed by atoms with van der Waals surface area (Å²) in [5, 5.41) is 16.0. The number of hydrogen-bond acceptors (Lipinski definition) is 3. The van der Waals surface area contributed by atoms with Gasteiger partial charge < -0.3 is 10.6 Å². The Balaban J connectivity index is 1.94. The molecule has 76 valence electrons. The zero-order valence-corrected chi connectivity index (χ0v) is 8.71. The molecule has 0 fully saturated rings. The predicted molar refractivity (Wildman–Crippen MR) is 63.5 cm³/mol. The molecule has 5 heteroatoms. The van der Waals surface area contributed by atoms with Crippen LogP contribution in [-0.2, 0) is 0 Å². The van der Waals surface area contributed by atoms with Gasteiger partial charge in [-0.15, -0.1) is 11.3 Å². The summed E-state index contributed by atoms with van der Waals surface area (Å²) in [4.78, 5) is 4.02. The van der Waals surface area contributed by atoms with Crippen molar-refractivity contribution in [1.29, 1.82) is 5.41 Å². The number of anilines is 2. The lowest BCUT2D eigenvalue weighted by Crippen LogP contribution is -2.20. The lowest BCUT2D eigenvalue weighted by molar-refractivity contribution is 1.37. The Morgan fingerprint density at radius 3 is 2.67 bits per heavy atom. The van der Waals surface area contributed by atoms with E-state index in [-0.39, 0.29) is 5.96 Å². The minimum absolute atomic E-state index is 0.219. The molecule has 0 amide bonds. The van der Waals surface area contributed by atoms with Gasteiger partial charge in [-0.05, 0) is 12.1 Å². The minimum Gasteiger partial charge on any atom is -0.326 e. The fraction of sp³-hybridized carbons (Fsp3) is 0. The summed E-state index contributed by atoms with van der Waals surface area (Å²) >= 11 is 1.46. The van der Waals surface area contributed by atoms with Crippen molar-refractivity contribution in [3.05, 3.63) is 41.9 Å². The van der Waals surface area contributed by atoms with E-state index in [9.17, 15) is 0 Å². The van der Waals surface area contributed by atoms with Gasteiger partial charge in [0.05, 0.1) is 0 Å². The van der Waals surface area contributed by atoms with Crippen LogP contribution < -0.4 is 10.6 Å². The maximum atomic E-state index is 7.65. The first-order chi connectivity index (χ1) is 7.34. The number of para-hydroxylation sites is 1. The molecular formula is C10H10N4S. The highest BCUT2D eigenvalue weighted by Gasteiger charge is 1.99. The number of hydrogen-bond donors (Lipinski definition) is 3. The molecule has 4 nitrogen and oxygen atoms in total. The molecule has 0 spiro atoms. The third-order valence-electron chi connectivity index (χ3n) is 1.71. The van der Waals surface area contributed by atoms with Gasteiger partial charge in [0.1, 0.15) is 0 Å². The van der Waals surface area contributed by atoms with Crippen LogP contribution in [0.2, 0.25) is 0 Å². The Morgan fingerprint density at radius 1 is 1.20 bits per heavy atom. The second-order valence-electron chi connectivity index (χ2n) is 2.83. The van der Waals surface area contributed by atoms with E-state index in [1.54, 1.807) is 6.20 Å². The first-order valence-electron chi connectivity index (χ1n) is 4.42. The molecule has 0 unspecified atom stereocenters. The highest BCUT2D eigenvalue weighted by Crippen LogP contribution is 2.11. The van der Waals surface area contributed by atoms with Gasteiger partial charge in [0, 0.05) is 17.3 Å². The molecule has 0 radical (unpaired) electrons. The summed E-state index contributed by atoms with van der Waals surface area (Å²) in [6.45, 7) is 0. The van der Waals surface area contributed by atoms with Crippen LogP contribution in [0, 0.1) is 5.41 Å². The highest BCUT2D eigenvalue weighted by molar-refractivity contribution is 7.13. The number of nitrogens with one attached hydrogen (secondary N) is 3. The Labute approximate surface area is 91.5 Å². The van der Waals surface area contributed by atoms with Gasteiger partial charge in [0.25, 0.3) is 0 Å². The van der Waals surface area contributed by atoms with Crippen molar-refractivity contribution < 1.29 is 0 Å². The summed E-state index contributed by atoms with van der Waals surface area (Å²) in [5.74, 6) is 0.219. The first kappa shape index (κ1) is 9.67. The van der Waals surface area contributed by atoms with Crippen LogP contribution in [0.15, 0.2) is 41.9 Å². The lowest BCUT2D eigenvalue weighted by atomic mass is 10.3. The second-order valence-corrected chi connectivity index (χ2v) is 3.72. The first-order valence-corrected chi connectivity index (χ1v) is 5.30. The lowest BCUT2D eigenvalue weighted by Gasteiger charge is -2.07. The molecule has 15 heavy (non-hydrogen) atoms. The monoisotopic (exact) mass is 218 g/mol. The van der Waals surface area contributed by atoms with E-state index >= 15 is 0 Å². The van der Waals surface area contributed by atoms with E-state index < -0.39 is 0 Å². The van der Waals surface area contributed by atoms with Crippen LogP contribution >= 0.6 is 11.3 Å². The van der Waals surface area contributed by atoms with E-state index in [4.69, 9.17) is 5.41 Å².